The first-order chi connectivity index (χ1) is 9.06. The van der Waals surface area contributed by atoms with Crippen LogP contribution >= 0.6 is 0 Å². The zero-order valence-electron chi connectivity index (χ0n) is 10.4. The van der Waals surface area contributed by atoms with Crippen molar-refractivity contribution in [3.63, 3.8) is 0 Å². The molecule has 1 unspecified atom stereocenters. The highest BCUT2D eigenvalue weighted by Crippen LogP contribution is 2.23. The number of nitrogens with zero attached hydrogens (tertiary/aromatic N) is 2. The van der Waals surface area contributed by atoms with Crippen molar-refractivity contribution in [1.82, 2.24) is 9.88 Å². The Labute approximate surface area is 113 Å². The van der Waals surface area contributed by atoms with Crippen molar-refractivity contribution in [2.24, 2.45) is 0 Å². The van der Waals surface area contributed by atoms with Gasteiger partial charge in [-0.1, -0.05) is 18.2 Å². The second-order valence-corrected chi connectivity index (χ2v) is 5.88. The Morgan fingerprint density at radius 2 is 2.16 bits per heavy atom. The molecule has 0 saturated carbocycles. The van der Waals surface area contributed by atoms with Gasteiger partial charge in [0.15, 0.2) is 0 Å². The molecule has 2 rings (SSSR count). The fourth-order valence-electron chi connectivity index (χ4n) is 2.00. The number of hydrogen-bond donors (Lipinski definition) is 1. The standard InChI is InChI=1S/C13H16N2O3S/c16-19(17,18)11-5-10-15-9-4-2-7-13(15)12-6-1-3-8-14-12/h1-4,6-9,13H,5,10-11H2,(H,16,17,18). The Morgan fingerprint density at radius 1 is 1.32 bits per heavy atom. The highest BCUT2D eigenvalue weighted by Gasteiger charge is 2.18. The van der Waals surface area contributed by atoms with Crippen LogP contribution < -0.4 is 0 Å². The monoisotopic (exact) mass is 280 g/mol. The van der Waals surface area contributed by atoms with Crippen molar-refractivity contribution in [3.8, 4) is 0 Å². The molecule has 0 radical (unpaired) electrons. The van der Waals surface area contributed by atoms with E-state index >= 15 is 0 Å². The van der Waals surface area contributed by atoms with E-state index < -0.39 is 10.1 Å². The minimum absolute atomic E-state index is 0.00703. The summed E-state index contributed by atoms with van der Waals surface area (Å²) in [4.78, 5) is 6.32. The fraction of sp³-hybridized carbons (Fsp3) is 0.308. The van der Waals surface area contributed by atoms with Crippen LogP contribution in [0.25, 0.3) is 0 Å². The van der Waals surface area contributed by atoms with Gasteiger partial charge in [0.05, 0.1) is 17.5 Å². The van der Waals surface area contributed by atoms with E-state index in [1.165, 1.54) is 0 Å². The molecule has 2 heterocycles. The van der Waals surface area contributed by atoms with Crippen LogP contribution in [0, 0.1) is 0 Å². The molecule has 0 spiro atoms. The summed E-state index contributed by atoms with van der Waals surface area (Å²) in [6.07, 6.45) is 9.86. The third kappa shape index (κ3) is 4.18. The van der Waals surface area contributed by atoms with E-state index in [1.54, 1.807) is 6.20 Å². The van der Waals surface area contributed by atoms with Crippen LogP contribution in [0.1, 0.15) is 18.2 Å². The molecular weight excluding hydrogens is 264 g/mol. The third-order valence-corrected chi connectivity index (χ3v) is 3.65. The summed E-state index contributed by atoms with van der Waals surface area (Å²) in [5.74, 6) is -0.226. The van der Waals surface area contributed by atoms with E-state index in [0.29, 0.717) is 13.0 Å². The van der Waals surface area contributed by atoms with Crippen LogP contribution in [0.5, 0.6) is 0 Å². The van der Waals surface area contributed by atoms with Crippen LogP contribution in [0.4, 0.5) is 0 Å². The lowest BCUT2D eigenvalue weighted by molar-refractivity contribution is 0.315. The second kappa shape index (κ2) is 5.99. The third-order valence-electron chi connectivity index (χ3n) is 2.85. The lowest BCUT2D eigenvalue weighted by Crippen LogP contribution is -2.26. The topological polar surface area (TPSA) is 70.5 Å². The van der Waals surface area contributed by atoms with Crippen LogP contribution in [-0.4, -0.2) is 35.2 Å². The number of pyridine rings is 1. The van der Waals surface area contributed by atoms with Crippen molar-refractivity contribution in [2.45, 2.75) is 12.5 Å². The SMILES string of the molecule is O=S(=O)(O)CCCN1C=CC=CC1c1ccccn1. The molecule has 5 nitrogen and oxygen atoms in total. The Morgan fingerprint density at radius 3 is 2.84 bits per heavy atom. The molecule has 6 heteroatoms. The predicted molar refractivity (Wildman–Crippen MR) is 73.0 cm³/mol. The summed E-state index contributed by atoms with van der Waals surface area (Å²) in [5.41, 5.74) is 0.912. The number of allylic oxidation sites excluding steroid dienone is 2. The number of aromatic nitrogens is 1. The van der Waals surface area contributed by atoms with Crippen molar-refractivity contribution in [3.05, 3.63) is 54.5 Å². The van der Waals surface area contributed by atoms with Crippen molar-refractivity contribution in [1.29, 1.82) is 0 Å². The molecule has 0 amide bonds. The average Bonchev–Trinajstić information content (AvgIpc) is 2.39. The Bertz CT molecular complexity index is 567. The zero-order chi connectivity index (χ0) is 13.7. The molecule has 0 saturated heterocycles. The first-order valence-electron chi connectivity index (χ1n) is 6.03. The van der Waals surface area contributed by atoms with E-state index in [4.69, 9.17) is 4.55 Å². The minimum atomic E-state index is -3.89. The molecular formula is C13H16N2O3S. The Hall–Kier alpha value is -1.66. The highest BCUT2D eigenvalue weighted by molar-refractivity contribution is 7.85. The molecule has 1 aliphatic rings. The average molecular weight is 280 g/mol. The predicted octanol–water partition coefficient (Wildman–Crippen LogP) is 1.79. The number of rotatable bonds is 5. The first-order valence-corrected chi connectivity index (χ1v) is 7.64. The maximum atomic E-state index is 10.7. The molecule has 19 heavy (non-hydrogen) atoms. The maximum absolute atomic E-state index is 10.7. The second-order valence-electron chi connectivity index (χ2n) is 4.30. The van der Waals surface area contributed by atoms with Crippen LogP contribution in [0.15, 0.2) is 48.8 Å². The van der Waals surface area contributed by atoms with Crippen LogP contribution in [-0.2, 0) is 10.1 Å². The summed E-state index contributed by atoms with van der Waals surface area (Å²) in [6.45, 7) is 0.544. The van der Waals surface area contributed by atoms with Crippen molar-refractivity contribution in [2.75, 3.05) is 12.3 Å². The van der Waals surface area contributed by atoms with Crippen molar-refractivity contribution >= 4 is 10.1 Å². The quantitative estimate of drug-likeness (QED) is 0.833. The molecule has 1 aliphatic heterocycles. The molecule has 102 valence electrons. The smallest absolute Gasteiger partial charge is 0.264 e. The van der Waals surface area contributed by atoms with E-state index in [1.807, 2.05) is 47.5 Å². The molecule has 0 aliphatic carbocycles. The van der Waals surface area contributed by atoms with Gasteiger partial charge in [-0.2, -0.15) is 8.42 Å². The summed E-state index contributed by atoms with van der Waals surface area (Å²) >= 11 is 0. The minimum Gasteiger partial charge on any atom is -0.365 e. The van der Waals surface area contributed by atoms with Gasteiger partial charge >= 0.3 is 0 Å². The normalized spacial score (nSPS) is 18.8. The fourth-order valence-corrected chi connectivity index (χ4v) is 2.49. The molecule has 1 N–H and O–H groups in total. The number of hydrogen-bond acceptors (Lipinski definition) is 4. The van der Waals surface area contributed by atoms with Gasteiger partial charge < -0.3 is 4.90 Å². The van der Waals surface area contributed by atoms with Gasteiger partial charge in [0, 0.05) is 12.7 Å². The van der Waals surface area contributed by atoms with E-state index in [9.17, 15) is 8.42 Å². The van der Waals surface area contributed by atoms with E-state index in [-0.39, 0.29) is 11.8 Å². The lowest BCUT2D eigenvalue weighted by atomic mass is 10.1. The van der Waals surface area contributed by atoms with Gasteiger partial charge in [-0.15, -0.1) is 0 Å². The maximum Gasteiger partial charge on any atom is 0.264 e. The molecule has 1 aromatic heterocycles. The van der Waals surface area contributed by atoms with Gasteiger partial charge in [-0.3, -0.25) is 9.54 Å². The van der Waals surface area contributed by atoms with Crippen LogP contribution in [0.3, 0.4) is 0 Å². The molecule has 0 aromatic carbocycles. The summed E-state index contributed by atoms with van der Waals surface area (Å²) in [6, 6.07) is 5.72. The van der Waals surface area contributed by atoms with E-state index in [0.717, 1.165) is 5.69 Å². The van der Waals surface area contributed by atoms with E-state index in [2.05, 4.69) is 4.98 Å². The first kappa shape index (κ1) is 13.8. The molecule has 0 bridgehead atoms. The summed E-state index contributed by atoms with van der Waals surface area (Å²) < 4.78 is 30.2. The summed E-state index contributed by atoms with van der Waals surface area (Å²) in [5, 5.41) is 0. The highest BCUT2D eigenvalue weighted by atomic mass is 32.2. The van der Waals surface area contributed by atoms with Gasteiger partial charge in [0.1, 0.15) is 0 Å². The van der Waals surface area contributed by atoms with Crippen LogP contribution in [0.2, 0.25) is 0 Å². The Kier molecular flexibility index (Phi) is 4.34. The van der Waals surface area contributed by atoms with Gasteiger partial charge in [-0.05, 0) is 30.8 Å². The molecule has 0 fully saturated rings. The zero-order valence-corrected chi connectivity index (χ0v) is 11.2. The van der Waals surface area contributed by atoms with Crippen molar-refractivity contribution < 1.29 is 13.0 Å². The molecule has 1 atom stereocenters. The molecule has 1 aromatic rings. The van der Waals surface area contributed by atoms with Gasteiger partial charge in [0.2, 0.25) is 0 Å². The lowest BCUT2D eigenvalue weighted by Gasteiger charge is -2.29. The summed E-state index contributed by atoms with van der Waals surface area (Å²) in [7, 11) is -3.89. The Balaban J connectivity index is 2.02. The largest absolute Gasteiger partial charge is 0.365 e. The van der Waals surface area contributed by atoms with Gasteiger partial charge in [-0.25, -0.2) is 0 Å². The van der Waals surface area contributed by atoms with Gasteiger partial charge in [0.25, 0.3) is 10.1 Å².